The molecule has 2 heterocycles. The van der Waals surface area contributed by atoms with Crippen LogP contribution in [0.3, 0.4) is 0 Å². The van der Waals surface area contributed by atoms with Crippen molar-refractivity contribution < 1.29 is 5.11 Å². The lowest BCUT2D eigenvalue weighted by atomic mass is 10.1. The third kappa shape index (κ3) is 1.80. The van der Waals surface area contributed by atoms with E-state index in [0.717, 1.165) is 37.5 Å². The number of aliphatic hydroxyl groups is 1. The van der Waals surface area contributed by atoms with E-state index in [1.165, 1.54) is 0 Å². The third-order valence-electron chi connectivity index (χ3n) is 2.48. The minimum atomic E-state index is -0.405. The highest BCUT2D eigenvalue weighted by molar-refractivity contribution is 4.99. The van der Waals surface area contributed by atoms with Gasteiger partial charge in [0.05, 0.1) is 0 Å². The number of fused-ring (bicyclic) bond motifs is 1. The second-order valence-electron chi connectivity index (χ2n) is 4.37. The number of aryl methyl sites for hydroxylation is 1. The van der Waals surface area contributed by atoms with Gasteiger partial charge >= 0.3 is 0 Å². The van der Waals surface area contributed by atoms with Gasteiger partial charge in [0.15, 0.2) is 11.6 Å². The number of hydrogen-bond acceptors (Lipinski definition) is 3. The van der Waals surface area contributed by atoms with Gasteiger partial charge in [0.2, 0.25) is 0 Å². The Hall–Kier alpha value is -0.900. The van der Waals surface area contributed by atoms with Crippen LogP contribution < -0.4 is 0 Å². The summed E-state index contributed by atoms with van der Waals surface area (Å²) in [7, 11) is 0. The molecule has 4 nitrogen and oxygen atoms in total. The molecule has 0 saturated carbocycles. The number of aromatic nitrogens is 3. The molecule has 1 aliphatic rings. The lowest BCUT2D eigenvalue weighted by Crippen LogP contribution is -2.16. The molecule has 14 heavy (non-hydrogen) atoms. The van der Waals surface area contributed by atoms with Crippen LogP contribution in [0.4, 0.5) is 0 Å². The second kappa shape index (κ2) is 3.69. The Morgan fingerprint density at radius 3 is 3.00 bits per heavy atom. The molecule has 1 unspecified atom stereocenters. The predicted molar refractivity (Wildman–Crippen MR) is 52.8 cm³/mol. The van der Waals surface area contributed by atoms with Gasteiger partial charge in [-0.2, -0.15) is 5.10 Å². The quantitative estimate of drug-likeness (QED) is 0.774. The Kier molecular flexibility index (Phi) is 2.54. The zero-order valence-corrected chi connectivity index (χ0v) is 8.77. The first-order valence-electron chi connectivity index (χ1n) is 5.28. The number of nitrogens with zero attached hydrogens (tertiary/aromatic N) is 3. The number of aliphatic hydroxyl groups excluding tert-OH is 1. The fraction of sp³-hybridized carbons (Fsp3) is 0.800. The van der Waals surface area contributed by atoms with Crippen molar-refractivity contribution in [1.29, 1.82) is 0 Å². The Bertz CT molecular complexity index is 319. The molecule has 0 amide bonds. The van der Waals surface area contributed by atoms with Gasteiger partial charge in [-0.25, -0.2) is 9.67 Å². The Morgan fingerprint density at radius 1 is 1.57 bits per heavy atom. The van der Waals surface area contributed by atoms with Gasteiger partial charge in [-0.05, 0) is 18.8 Å². The highest BCUT2D eigenvalue weighted by Crippen LogP contribution is 2.22. The van der Waals surface area contributed by atoms with Crippen LogP contribution in [-0.2, 0) is 13.0 Å². The molecule has 78 valence electrons. The van der Waals surface area contributed by atoms with Crippen LogP contribution in [0.1, 0.15) is 44.4 Å². The first-order chi connectivity index (χ1) is 6.66. The van der Waals surface area contributed by atoms with Crippen LogP contribution in [0.15, 0.2) is 0 Å². The van der Waals surface area contributed by atoms with Gasteiger partial charge in [-0.3, -0.25) is 0 Å². The van der Waals surface area contributed by atoms with Crippen molar-refractivity contribution in [3.63, 3.8) is 0 Å². The molecule has 1 N–H and O–H groups in total. The van der Waals surface area contributed by atoms with Crippen molar-refractivity contribution in [3.05, 3.63) is 11.6 Å². The molecule has 0 radical (unpaired) electrons. The molecule has 0 aromatic carbocycles. The summed E-state index contributed by atoms with van der Waals surface area (Å²) in [6, 6.07) is 0. The van der Waals surface area contributed by atoms with Crippen molar-refractivity contribution in [2.24, 2.45) is 5.92 Å². The Balaban J connectivity index is 2.21. The fourth-order valence-electron chi connectivity index (χ4n) is 1.83. The average molecular weight is 195 g/mol. The van der Waals surface area contributed by atoms with Gasteiger partial charge < -0.3 is 5.11 Å². The summed E-state index contributed by atoms with van der Waals surface area (Å²) in [5.74, 6) is 2.19. The highest BCUT2D eigenvalue weighted by atomic mass is 16.3. The minimum absolute atomic E-state index is 0.405. The SMILES string of the molecule is CC(C)Cc1nc2n(n1)CCCC2O. The van der Waals surface area contributed by atoms with Gasteiger partial charge in [0.25, 0.3) is 0 Å². The molecule has 0 bridgehead atoms. The van der Waals surface area contributed by atoms with Gasteiger partial charge in [0, 0.05) is 13.0 Å². The summed E-state index contributed by atoms with van der Waals surface area (Å²) < 4.78 is 1.85. The van der Waals surface area contributed by atoms with E-state index in [2.05, 4.69) is 23.9 Å². The largest absolute Gasteiger partial charge is 0.385 e. The van der Waals surface area contributed by atoms with E-state index in [-0.39, 0.29) is 0 Å². The maximum Gasteiger partial charge on any atom is 0.156 e. The van der Waals surface area contributed by atoms with Crippen LogP contribution in [0.2, 0.25) is 0 Å². The van der Waals surface area contributed by atoms with Crippen LogP contribution in [0.25, 0.3) is 0 Å². The van der Waals surface area contributed by atoms with E-state index < -0.39 is 6.10 Å². The molecule has 1 atom stereocenters. The minimum Gasteiger partial charge on any atom is -0.385 e. The smallest absolute Gasteiger partial charge is 0.156 e. The number of rotatable bonds is 2. The van der Waals surface area contributed by atoms with Crippen molar-refractivity contribution in [2.75, 3.05) is 0 Å². The van der Waals surface area contributed by atoms with Crippen molar-refractivity contribution in [3.8, 4) is 0 Å². The van der Waals surface area contributed by atoms with Gasteiger partial charge in [-0.15, -0.1) is 0 Å². The monoisotopic (exact) mass is 195 g/mol. The molecule has 2 rings (SSSR count). The Morgan fingerprint density at radius 2 is 2.36 bits per heavy atom. The summed E-state index contributed by atoms with van der Waals surface area (Å²) in [5, 5.41) is 14.1. The molecule has 0 spiro atoms. The lowest BCUT2D eigenvalue weighted by Gasteiger charge is -2.16. The molecule has 0 fully saturated rings. The normalized spacial score (nSPS) is 21.3. The van der Waals surface area contributed by atoms with E-state index in [1.54, 1.807) is 0 Å². The molecular weight excluding hydrogens is 178 g/mol. The second-order valence-corrected chi connectivity index (χ2v) is 4.37. The van der Waals surface area contributed by atoms with Crippen LogP contribution in [0, 0.1) is 5.92 Å². The first-order valence-corrected chi connectivity index (χ1v) is 5.28. The standard InChI is InChI=1S/C10H17N3O/c1-7(2)6-9-11-10-8(14)4-3-5-13(10)12-9/h7-8,14H,3-6H2,1-2H3. The average Bonchev–Trinajstić information content (AvgIpc) is 2.47. The summed E-state index contributed by atoms with van der Waals surface area (Å²) in [6.07, 6.45) is 2.31. The first kappa shape index (κ1) is 9.65. The molecule has 0 aliphatic carbocycles. The molecule has 4 heteroatoms. The summed E-state index contributed by atoms with van der Waals surface area (Å²) in [6.45, 7) is 5.20. The maximum atomic E-state index is 9.69. The van der Waals surface area contributed by atoms with E-state index in [4.69, 9.17) is 0 Å². The topological polar surface area (TPSA) is 50.9 Å². The third-order valence-corrected chi connectivity index (χ3v) is 2.48. The molecular formula is C10H17N3O. The van der Waals surface area contributed by atoms with E-state index in [0.29, 0.717) is 5.92 Å². The molecule has 1 aromatic heterocycles. The predicted octanol–water partition coefficient (Wildman–Crippen LogP) is 1.30. The lowest BCUT2D eigenvalue weighted by molar-refractivity contribution is 0.130. The highest BCUT2D eigenvalue weighted by Gasteiger charge is 2.21. The van der Waals surface area contributed by atoms with Crippen molar-refractivity contribution in [1.82, 2.24) is 14.8 Å². The zero-order chi connectivity index (χ0) is 10.1. The molecule has 1 aliphatic heterocycles. The summed E-state index contributed by atoms with van der Waals surface area (Å²) >= 11 is 0. The molecule has 0 saturated heterocycles. The van der Waals surface area contributed by atoms with E-state index in [9.17, 15) is 5.11 Å². The summed E-state index contributed by atoms with van der Waals surface area (Å²) in [4.78, 5) is 4.37. The van der Waals surface area contributed by atoms with E-state index in [1.807, 2.05) is 4.68 Å². The number of hydrogen-bond donors (Lipinski definition) is 1. The van der Waals surface area contributed by atoms with Crippen LogP contribution in [0.5, 0.6) is 0 Å². The van der Waals surface area contributed by atoms with Crippen LogP contribution >= 0.6 is 0 Å². The van der Waals surface area contributed by atoms with Crippen molar-refractivity contribution >= 4 is 0 Å². The zero-order valence-electron chi connectivity index (χ0n) is 8.77. The van der Waals surface area contributed by atoms with Gasteiger partial charge in [0.1, 0.15) is 6.10 Å². The fourth-order valence-corrected chi connectivity index (χ4v) is 1.83. The summed E-state index contributed by atoms with van der Waals surface area (Å²) in [5.41, 5.74) is 0. The maximum absolute atomic E-state index is 9.69. The van der Waals surface area contributed by atoms with Crippen molar-refractivity contribution in [2.45, 2.75) is 45.8 Å². The van der Waals surface area contributed by atoms with Crippen LogP contribution in [-0.4, -0.2) is 19.9 Å². The Labute approximate surface area is 84.0 Å². The van der Waals surface area contributed by atoms with Gasteiger partial charge in [-0.1, -0.05) is 13.8 Å². The van der Waals surface area contributed by atoms with E-state index >= 15 is 0 Å². The molecule has 1 aromatic rings.